The highest BCUT2D eigenvalue weighted by Gasteiger charge is 2.31. The van der Waals surface area contributed by atoms with Crippen molar-refractivity contribution in [1.82, 2.24) is 14.8 Å². The number of hydrogen-bond acceptors (Lipinski definition) is 5. The lowest BCUT2D eigenvalue weighted by Crippen LogP contribution is -2.22. The van der Waals surface area contributed by atoms with Crippen LogP contribution in [0, 0.1) is 3.57 Å². The second-order valence-corrected chi connectivity index (χ2v) is 10.1. The van der Waals surface area contributed by atoms with Gasteiger partial charge in [-0.25, -0.2) is 0 Å². The smallest absolute Gasteiger partial charge is 0.418 e. The lowest BCUT2D eigenvalue weighted by Gasteiger charge is -2.22. The number of nitrogens with zero attached hydrogens (tertiary/aromatic N) is 4. The first-order valence-electron chi connectivity index (χ1n) is 9.35. The summed E-state index contributed by atoms with van der Waals surface area (Å²) in [7, 11) is 0. The van der Waals surface area contributed by atoms with E-state index in [1.165, 1.54) is 4.57 Å². The van der Waals surface area contributed by atoms with Crippen LogP contribution in [0.2, 0.25) is 10.0 Å². The Morgan fingerprint density at radius 1 is 1.15 bits per heavy atom. The SMILES string of the molecule is O=C(O)CN(Sc1cc(Cl)cc(Cl)c1)c1ccc2c(c1)c(I)cn2-c1cc(C(F)(F)F)cnn1. The van der Waals surface area contributed by atoms with E-state index in [1.807, 2.05) is 0 Å². The van der Waals surface area contributed by atoms with Crippen molar-refractivity contribution < 1.29 is 23.1 Å². The maximum absolute atomic E-state index is 13.1. The Morgan fingerprint density at radius 2 is 1.85 bits per heavy atom. The summed E-state index contributed by atoms with van der Waals surface area (Å²) in [6, 6.07) is 11.0. The summed E-state index contributed by atoms with van der Waals surface area (Å²) in [4.78, 5) is 12.2. The van der Waals surface area contributed by atoms with Crippen LogP contribution in [0.5, 0.6) is 0 Å². The molecule has 0 aliphatic heterocycles. The average molecular weight is 639 g/mol. The number of aliphatic carboxylic acids is 1. The third kappa shape index (κ3) is 5.53. The second-order valence-electron chi connectivity index (χ2n) is 6.98. The minimum Gasteiger partial charge on any atom is -0.480 e. The van der Waals surface area contributed by atoms with Gasteiger partial charge < -0.3 is 9.41 Å². The highest BCUT2D eigenvalue weighted by molar-refractivity contribution is 14.1. The third-order valence-electron chi connectivity index (χ3n) is 4.57. The molecule has 0 unspecified atom stereocenters. The molecular weight excluding hydrogens is 627 g/mol. The molecule has 0 saturated carbocycles. The number of hydrogen-bond donors (Lipinski definition) is 1. The second kappa shape index (κ2) is 9.80. The summed E-state index contributed by atoms with van der Waals surface area (Å²) >= 11 is 15.3. The fourth-order valence-electron chi connectivity index (χ4n) is 3.16. The number of benzene rings is 2. The normalized spacial score (nSPS) is 11.7. The first kappa shape index (κ1) is 24.9. The van der Waals surface area contributed by atoms with Gasteiger partial charge in [0.15, 0.2) is 5.82 Å². The van der Waals surface area contributed by atoms with E-state index in [-0.39, 0.29) is 12.4 Å². The Bertz CT molecular complexity index is 1380. The molecule has 2 aromatic heterocycles. The average Bonchev–Trinajstić information content (AvgIpc) is 3.08. The minimum atomic E-state index is -4.55. The van der Waals surface area contributed by atoms with Crippen LogP contribution >= 0.6 is 57.7 Å². The number of anilines is 1. The van der Waals surface area contributed by atoms with Crippen molar-refractivity contribution in [2.75, 3.05) is 10.8 Å². The van der Waals surface area contributed by atoms with Gasteiger partial charge in [-0.05, 0) is 77.0 Å². The Hall–Kier alpha value is -2.22. The van der Waals surface area contributed by atoms with Crippen LogP contribution in [0.15, 0.2) is 59.8 Å². The van der Waals surface area contributed by atoms with Gasteiger partial charge in [0.1, 0.15) is 6.54 Å². The number of rotatable bonds is 6. The summed E-state index contributed by atoms with van der Waals surface area (Å²) in [6.45, 7) is -0.323. The van der Waals surface area contributed by atoms with E-state index in [2.05, 4.69) is 32.8 Å². The van der Waals surface area contributed by atoms with Crippen LogP contribution in [0.1, 0.15) is 5.56 Å². The predicted octanol–water partition coefficient (Wildman–Crippen LogP) is 6.95. The molecule has 34 heavy (non-hydrogen) atoms. The molecule has 6 nitrogen and oxygen atoms in total. The number of carboxylic acid groups (broad SMARTS) is 1. The van der Waals surface area contributed by atoms with Crippen molar-refractivity contribution in [3.63, 3.8) is 0 Å². The van der Waals surface area contributed by atoms with Gasteiger partial charge in [0, 0.05) is 35.8 Å². The summed E-state index contributed by atoms with van der Waals surface area (Å²) in [5.41, 5.74) is 0.254. The molecule has 0 atom stereocenters. The van der Waals surface area contributed by atoms with E-state index >= 15 is 0 Å². The Morgan fingerprint density at radius 3 is 2.50 bits per heavy atom. The molecule has 0 spiro atoms. The number of halogens is 6. The van der Waals surface area contributed by atoms with Crippen LogP contribution in [-0.2, 0) is 11.0 Å². The van der Waals surface area contributed by atoms with Gasteiger partial charge in [0.2, 0.25) is 0 Å². The number of fused-ring (bicyclic) bond motifs is 1. The lowest BCUT2D eigenvalue weighted by molar-refractivity contribution is -0.138. The molecule has 2 heterocycles. The fraction of sp³-hybridized carbons (Fsp3) is 0.0952. The zero-order valence-electron chi connectivity index (χ0n) is 16.7. The van der Waals surface area contributed by atoms with Crippen molar-refractivity contribution in [3.8, 4) is 5.82 Å². The quantitative estimate of drug-likeness (QED) is 0.182. The van der Waals surface area contributed by atoms with Gasteiger partial charge in [-0.1, -0.05) is 23.2 Å². The van der Waals surface area contributed by atoms with Crippen LogP contribution < -0.4 is 4.31 Å². The minimum absolute atomic E-state index is 0.0147. The fourth-order valence-corrected chi connectivity index (χ4v) is 5.53. The molecule has 0 amide bonds. The van der Waals surface area contributed by atoms with Gasteiger partial charge >= 0.3 is 12.1 Å². The number of aromatic nitrogens is 3. The molecule has 0 aliphatic carbocycles. The summed E-state index contributed by atoms with van der Waals surface area (Å²) in [5.74, 6) is -1.03. The molecule has 0 saturated heterocycles. The molecule has 0 bridgehead atoms. The van der Waals surface area contributed by atoms with E-state index in [4.69, 9.17) is 23.2 Å². The van der Waals surface area contributed by atoms with E-state index in [1.54, 1.807) is 46.9 Å². The highest BCUT2D eigenvalue weighted by atomic mass is 127. The molecule has 4 aromatic rings. The monoisotopic (exact) mass is 638 g/mol. The summed E-state index contributed by atoms with van der Waals surface area (Å²) in [5, 5.41) is 18.3. The first-order chi connectivity index (χ1) is 16.0. The van der Waals surface area contributed by atoms with Crippen LogP contribution in [-0.4, -0.2) is 32.4 Å². The topological polar surface area (TPSA) is 71.2 Å². The zero-order valence-corrected chi connectivity index (χ0v) is 21.2. The zero-order chi connectivity index (χ0) is 24.6. The van der Waals surface area contributed by atoms with E-state index in [9.17, 15) is 23.1 Å². The molecule has 2 aromatic carbocycles. The Kier molecular flexibility index (Phi) is 7.17. The molecule has 0 fully saturated rings. The van der Waals surface area contributed by atoms with Gasteiger partial charge in [-0.15, -0.1) is 5.10 Å². The van der Waals surface area contributed by atoms with Crippen molar-refractivity contribution in [3.05, 3.63) is 74.0 Å². The number of carbonyl (C=O) groups is 1. The Balaban J connectivity index is 1.75. The number of alkyl halides is 3. The van der Waals surface area contributed by atoms with Crippen LogP contribution in [0.3, 0.4) is 0 Å². The van der Waals surface area contributed by atoms with Crippen molar-refractivity contribution >= 4 is 80.3 Å². The molecule has 4 rings (SSSR count). The molecule has 0 radical (unpaired) electrons. The van der Waals surface area contributed by atoms with Gasteiger partial charge in [0.05, 0.1) is 17.3 Å². The van der Waals surface area contributed by atoms with E-state index < -0.39 is 17.7 Å². The summed E-state index contributed by atoms with van der Waals surface area (Å²) in [6.07, 6.45) is -2.24. The van der Waals surface area contributed by atoms with Gasteiger partial charge in [0.25, 0.3) is 0 Å². The Labute approximate surface area is 218 Å². The van der Waals surface area contributed by atoms with Crippen molar-refractivity contribution in [2.45, 2.75) is 11.1 Å². The van der Waals surface area contributed by atoms with Crippen LogP contribution in [0.25, 0.3) is 16.7 Å². The molecule has 13 heteroatoms. The number of carboxylic acids is 1. The predicted molar refractivity (Wildman–Crippen MR) is 134 cm³/mol. The maximum Gasteiger partial charge on any atom is 0.418 e. The van der Waals surface area contributed by atoms with E-state index in [0.717, 1.165) is 21.6 Å². The molecule has 1 N–H and O–H groups in total. The molecule has 176 valence electrons. The lowest BCUT2D eigenvalue weighted by atomic mass is 10.2. The molecule has 0 aliphatic rings. The van der Waals surface area contributed by atoms with Gasteiger partial charge in [-0.3, -0.25) is 9.36 Å². The van der Waals surface area contributed by atoms with Gasteiger partial charge in [-0.2, -0.15) is 18.3 Å². The van der Waals surface area contributed by atoms with E-state index in [0.29, 0.717) is 37.7 Å². The third-order valence-corrected chi connectivity index (χ3v) is 6.88. The maximum atomic E-state index is 13.1. The largest absolute Gasteiger partial charge is 0.480 e. The standard InChI is InChI=1S/C21H12Cl2F3IN4O2S/c22-12-4-13(23)6-15(5-12)34-31(10-20(32)33)14-1-2-18-16(7-14)17(27)9-30(18)19-3-11(8-28-29-19)21(24,25)26/h1-9H,10H2,(H,32,33). The van der Waals surface area contributed by atoms with Crippen molar-refractivity contribution in [1.29, 1.82) is 0 Å². The summed E-state index contributed by atoms with van der Waals surface area (Å²) < 4.78 is 43.2. The molecular formula is C21H12Cl2F3IN4O2S. The van der Waals surface area contributed by atoms with Crippen molar-refractivity contribution in [2.24, 2.45) is 0 Å². The highest BCUT2D eigenvalue weighted by Crippen LogP contribution is 2.36. The van der Waals surface area contributed by atoms with Crippen LogP contribution in [0.4, 0.5) is 18.9 Å². The first-order valence-corrected chi connectivity index (χ1v) is 12.0.